The van der Waals surface area contributed by atoms with Crippen molar-refractivity contribution in [1.29, 1.82) is 0 Å². The van der Waals surface area contributed by atoms with Gasteiger partial charge in [0.25, 0.3) is 0 Å². The summed E-state index contributed by atoms with van der Waals surface area (Å²) in [7, 11) is 0. The highest BCUT2D eigenvalue weighted by molar-refractivity contribution is 5.31. The highest BCUT2D eigenvalue weighted by atomic mass is 16.5. The van der Waals surface area contributed by atoms with E-state index in [1.165, 1.54) is 44.5 Å². The first kappa shape index (κ1) is 33.7. The molecule has 6 aromatic carbocycles. The molecule has 49 heavy (non-hydrogen) atoms. The van der Waals surface area contributed by atoms with Gasteiger partial charge in [-0.25, -0.2) is 0 Å². The molecule has 0 spiro atoms. The van der Waals surface area contributed by atoms with Gasteiger partial charge in [-0.05, 0) is 59.1 Å². The number of ether oxygens (including phenoxy) is 1. The van der Waals surface area contributed by atoms with Crippen molar-refractivity contribution in [2.24, 2.45) is 0 Å². The SMILES string of the molecule is C(=C(Cc1ccccc1)Cc1ccccc1)C(Cc1ccccc1)OC(C=C(Cc1ccccc1)Cc1ccccc1)Cc1ccccc1. The molecule has 0 radical (unpaired) electrons. The minimum absolute atomic E-state index is 0.107. The van der Waals surface area contributed by atoms with Gasteiger partial charge < -0.3 is 4.74 Å². The second kappa shape index (κ2) is 18.3. The van der Waals surface area contributed by atoms with Gasteiger partial charge in [-0.1, -0.05) is 205 Å². The predicted octanol–water partition coefficient (Wildman–Crippen LogP) is 11.0. The molecule has 0 bridgehead atoms. The van der Waals surface area contributed by atoms with Crippen LogP contribution >= 0.6 is 0 Å². The summed E-state index contributed by atoms with van der Waals surface area (Å²) in [6.07, 6.45) is 9.79. The number of hydrogen-bond acceptors (Lipinski definition) is 1. The van der Waals surface area contributed by atoms with E-state index in [9.17, 15) is 0 Å². The Morgan fingerprint density at radius 3 is 0.796 bits per heavy atom. The third-order valence-corrected chi connectivity index (χ3v) is 8.85. The van der Waals surface area contributed by atoms with Crippen molar-refractivity contribution in [3.8, 4) is 0 Å². The molecule has 6 rings (SSSR count). The highest BCUT2D eigenvalue weighted by Crippen LogP contribution is 2.23. The minimum Gasteiger partial charge on any atom is -0.366 e. The van der Waals surface area contributed by atoms with Gasteiger partial charge in [0.1, 0.15) is 0 Å². The fourth-order valence-corrected chi connectivity index (χ4v) is 6.53. The molecule has 2 atom stereocenters. The van der Waals surface area contributed by atoms with Crippen LogP contribution in [0.15, 0.2) is 205 Å². The van der Waals surface area contributed by atoms with Gasteiger partial charge in [-0.2, -0.15) is 0 Å². The van der Waals surface area contributed by atoms with Crippen LogP contribution in [0.1, 0.15) is 33.4 Å². The maximum atomic E-state index is 7.32. The molecule has 0 aliphatic carbocycles. The summed E-state index contributed by atoms with van der Waals surface area (Å²) in [5, 5.41) is 0. The maximum Gasteiger partial charge on any atom is 0.0807 e. The summed E-state index contributed by atoms with van der Waals surface area (Å²) < 4.78 is 7.32. The second-order valence-electron chi connectivity index (χ2n) is 12.9. The van der Waals surface area contributed by atoms with Crippen LogP contribution in [0.5, 0.6) is 0 Å². The molecule has 2 unspecified atom stereocenters. The first-order valence-corrected chi connectivity index (χ1v) is 17.5. The fraction of sp³-hybridized carbons (Fsp3) is 0.167. The zero-order chi connectivity index (χ0) is 33.4. The second-order valence-corrected chi connectivity index (χ2v) is 12.9. The molecule has 6 aromatic rings. The van der Waals surface area contributed by atoms with Crippen LogP contribution in [0.3, 0.4) is 0 Å². The Morgan fingerprint density at radius 1 is 0.327 bits per heavy atom. The Balaban J connectivity index is 1.38. The average Bonchev–Trinajstić information content (AvgIpc) is 3.14. The Bertz CT molecular complexity index is 1620. The van der Waals surface area contributed by atoms with Crippen LogP contribution in [0, 0.1) is 0 Å². The van der Waals surface area contributed by atoms with E-state index in [4.69, 9.17) is 4.74 Å². The summed E-state index contributed by atoms with van der Waals surface area (Å²) in [6.45, 7) is 0. The number of rotatable bonds is 16. The molecule has 1 heteroatoms. The third-order valence-electron chi connectivity index (χ3n) is 8.85. The molecule has 0 aliphatic rings. The largest absolute Gasteiger partial charge is 0.366 e. The van der Waals surface area contributed by atoms with Crippen molar-refractivity contribution >= 4 is 0 Å². The number of benzene rings is 6. The van der Waals surface area contributed by atoms with Crippen molar-refractivity contribution < 1.29 is 4.74 Å². The lowest BCUT2D eigenvalue weighted by Gasteiger charge is -2.24. The van der Waals surface area contributed by atoms with E-state index in [-0.39, 0.29) is 12.2 Å². The summed E-state index contributed by atoms with van der Waals surface area (Å²) in [5.41, 5.74) is 10.6. The molecule has 0 N–H and O–H groups in total. The number of hydrogen-bond donors (Lipinski definition) is 0. The average molecular weight is 639 g/mol. The zero-order valence-electron chi connectivity index (χ0n) is 28.3. The molecule has 0 saturated carbocycles. The molecule has 244 valence electrons. The predicted molar refractivity (Wildman–Crippen MR) is 206 cm³/mol. The molecule has 0 aliphatic heterocycles. The summed E-state index contributed by atoms with van der Waals surface area (Å²) in [6, 6.07) is 64.8. The number of allylic oxidation sites excluding steroid dienone is 2. The van der Waals surface area contributed by atoms with Gasteiger partial charge in [0.2, 0.25) is 0 Å². The van der Waals surface area contributed by atoms with E-state index in [0.717, 1.165) is 38.5 Å². The van der Waals surface area contributed by atoms with Gasteiger partial charge in [-0.3, -0.25) is 0 Å². The molecule has 0 heterocycles. The van der Waals surface area contributed by atoms with E-state index in [2.05, 4.69) is 194 Å². The van der Waals surface area contributed by atoms with Crippen molar-refractivity contribution in [2.45, 2.75) is 50.7 Å². The van der Waals surface area contributed by atoms with Gasteiger partial charge >= 0.3 is 0 Å². The smallest absolute Gasteiger partial charge is 0.0807 e. The highest BCUT2D eigenvalue weighted by Gasteiger charge is 2.18. The molecule has 0 fully saturated rings. The Labute approximate surface area is 293 Å². The quantitative estimate of drug-likeness (QED) is 0.0959. The topological polar surface area (TPSA) is 9.23 Å². The van der Waals surface area contributed by atoms with E-state index in [1.54, 1.807) is 0 Å². The molecule has 0 saturated heterocycles. The van der Waals surface area contributed by atoms with Gasteiger partial charge in [-0.15, -0.1) is 0 Å². The van der Waals surface area contributed by atoms with Crippen molar-refractivity contribution in [2.75, 3.05) is 0 Å². The Morgan fingerprint density at radius 2 is 0.551 bits per heavy atom. The molecule has 1 nitrogen and oxygen atoms in total. The normalized spacial score (nSPS) is 12.1. The first-order valence-electron chi connectivity index (χ1n) is 17.5. The summed E-state index contributed by atoms with van der Waals surface area (Å²) >= 11 is 0. The van der Waals surface area contributed by atoms with Gasteiger partial charge in [0.15, 0.2) is 0 Å². The Hall–Kier alpha value is -5.24. The fourth-order valence-electron chi connectivity index (χ4n) is 6.53. The van der Waals surface area contributed by atoms with E-state index < -0.39 is 0 Å². The van der Waals surface area contributed by atoms with Crippen molar-refractivity contribution in [3.05, 3.63) is 239 Å². The van der Waals surface area contributed by atoms with Gasteiger partial charge in [0.05, 0.1) is 12.2 Å². The lowest BCUT2D eigenvalue weighted by molar-refractivity contribution is 0.0409. The molecule has 0 aromatic heterocycles. The van der Waals surface area contributed by atoms with Crippen LogP contribution in [0.2, 0.25) is 0 Å². The standard InChI is InChI=1S/C48H46O/c1-7-19-39(20-8-1)31-45(32-40-21-9-2-10-22-40)37-47(35-43-27-15-5-16-28-43)49-48(36-44-29-17-6-18-30-44)38-46(33-41-23-11-3-12-24-41)34-42-25-13-4-14-26-42/h1-30,37-38,47-48H,31-36H2. The van der Waals surface area contributed by atoms with E-state index >= 15 is 0 Å². The lowest BCUT2D eigenvalue weighted by Crippen LogP contribution is -2.25. The molecular weight excluding hydrogens is 593 g/mol. The molecule has 0 amide bonds. The monoisotopic (exact) mass is 638 g/mol. The van der Waals surface area contributed by atoms with E-state index in [0.29, 0.717) is 0 Å². The third kappa shape index (κ3) is 11.5. The zero-order valence-corrected chi connectivity index (χ0v) is 28.3. The van der Waals surface area contributed by atoms with Gasteiger partial charge in [0, 0.05) is 12.8 Å². The summed E-state index contributed by atoms with van der Waals surface area (Å²) in [5.74, 6) is 0. The summed E-state index contributed by atoms with van der Waals surface area (Å²) in [4.78, 5) is 0. The van der Waals surface area contributed by atoms with Crippen molar-refractivity contribution in [3.63, 3.8) is 0 Å². The maximum absolute atomic E-state index is 7.32. The minimum atomic E-state index is -0.107. The van der Waals surface area contributed by atoms with Crippen LogP contribution in [-0.2, 0) is 43.3 Å². The molecular formula is C48H46O. The van der Waals surface area contributed by atoms with Crippen LogP contribution in [-0.4, -0.2) is 12.2 Å². The van der Waals surface area contributed by atoms with Crippen LogP contribution < -0.4 is 0 Å². The van der Waals surface area contributed by atoms with Crippen LogP contribution in [0.4, 0.5) is 0 Å². The van der Waals surface area contributed by atoms with E-state index in [1.807, 2.05) is 0 Å². The Kier molecular flexibility index (Phi) is 12.6. The van der Waals surface area contributed by atoms with Crippen molar-refractivity contribution in [1.82, 2.24) is 0 Å². The lowest BCUT2D eigenvalue weighted by atomic mass is 9.94. The van der Waals surface area contributed by atoms with Crippen LogP contribution in [0.25, 0.3) is 0 Å². The first-order chi connectivity index (χ1) is 24.2.